The van der Waals surface area contributed by atoms with Crippen LogP contribution in [0.2, 0.25) is 0 Å². The smallest absolute Gasteiger partial charge is 0.335 e. The van der Waals surface area contributed by atoms with Crippen LogP contribution in [-0.4, -0.2) is 47.1 Å². The van der Waals surface area contributed by atoms with Crippen LogP contribution >= 0.6 is 0 Å². The minimum absolute atomic E-state index is 0.100. The standard InChI is InChI=1S/C13H15N3O5/c14-16-15-6-9-11(10(17)12(21-9)13(18)19)20-7-8-4-2-1-3-5-8/h1-5,9-12,17H,6-7H2,(H,18,19)/t9-,10+,11-,12-/m1/s1. The van der Waals surface area contributed by atoms with Crippen LogP contribution in [0, 0.1) is 0 Å². The first-order chi connectivity index (χ1) is 10.1. The molecule has 1 aromatic rings. The van der Waals surface area contributed by atoms with E-state index in [-0.39, 0.29) is 13.2 Å². The Kier molecular flexibility index (Phi) is 5.13. The van der Waals surface area contributed by atoms with Gasteiger partial charge in [0.15, 0.2) is 6.10 Å². The third kappa shape index (κ3) is 3.71. The van der Waals surface area contributed by atoms with E-state index >= 15 is 0 Å². The Bertz CT molecular complexity index is 532. The van der Waals surface area contributed by atoms with Crippen LogP contribution in [0.3, 0.4) is 0 Å². The molecule has 8 nitrogen and oxygen atoms in total. The van der Waals surface area contributed by atoms with Gasteiger partial charge >= 0.3 is 5.97 Å². The summed E-state index contributed by atoms with van der Waals surface area (Å²) in [6.07, 6.45) is -4.35. The van der Waals surface area contributed by atoms with Crippen molar-refractivity contribution in [3.8, 4) is 0 Å². The second-order valence-electron chi connectivity index (χ2n) is 4.60. The monoisotopic (exact) mass is 293 g/mol. The first-order valence-corrected chi connectivity index (χ1v) is 6.36. The first kappa shape index (κ1) is 15.3. The summed E-state index contributed by atoms with van der Waals surface area (Å²) in [4.78, 5) is 13.6. The van der Waals surface area contributed by atoms with Gasteiger partial charge in [0, 0.05) is 4.91 Å². The number of carboxylic acid groups (broad SMARTS) is 1. The Balaban J connectivity index is 2.05. The lowest BCUT2D eigenvalue weighted by molar-refractivity contribution is -0.153. The van der Waals surface area contributed by atoms with Gasteiger partial charge in [-0.25, -0.2) is 4.79 Å². The fraction of sp³-hybridized carbons (Fsp3) is 0.462. The van der Waals surface area contributed by atoms with E-state index < -0.39 is 30.4 Å². The zero-order chi connectivity index (χ0) is 15.2. The highest BCUT2D eigenvalue weighted by molar-refractivity contribution is 5.73. The van der Waals surface area contributed by atoms with Gasteiger partial charge in [0.25, 0.3) is 0 Å². The molecule has 0 saturated carbocycles. The Morgan fingerprint density at radius 2 is 2.14 bits per heavy atom. The molecule has 8 heteroatoms. The SMILES string of the molecule is [N-]=[N+]=NC[C@H]1O[C@@H](C(=O)O)[C@@H](O)[C@@H]1OCc1ccccc1. The van der Waals surface area contributed by atoms with Gasteiger partial charge in [-0.1, -0.05) is 35.4 Å². The molecule has 0 spiro atoms. The van der Waals surface area contributed by atoms with E-state index in [0.717, 1.165) is 5.56 Å². The van der Waals surface area contributed by atoms with Crippen molar-refractivity contribution in [2.75, 3.05) is 6.54 Å². The molecule has 21 heavy (non-hydrogen) atoms. The van der Waals surface area contributed by atoms with Crippen LogP contribution < -0.4 is 0 Å². The number of nitrogens with zero attached hydrogens (tertiary/aromatic N) is 3. The van der Waals surface area contributed by atoms with Crippen molar-refractivity contribution in [3.63, 3.8) is 0 Å². The Morgan fingerprint density at radius 3 is 2.76 bits per heavy atom. The number of aliphatic hydroxyl groups is 1. The third-order valence-corrected chi connectivity index (χ3v) is 3.19. The first-order valence-electron chi connectivity index (χ1n) is 6.36. The lowest BCUT2D eigenvalue weighted by atomic mass is 10.1. The van der Waals surface area contributed by atoms with E-state index in [1.54, 1.807) is 0 Å². The summed E-state index contributed by atoms with van der Waals surface area (Å²) in [6.45, 7) is 0.0990. The summed E-state index contributed by atoms with van der Waals surface area (Å²) in [5.41, 5.74) is 9.23. The highest BCUT2D eigenvalue weighted by atomic mass is 16.6. The van der Waals surface area contributed by atoms with Crippen LogP contribution in [0.5, 0.6) is 0 Å². The van der Waals surface area contributed by atoms with Gasteiger partial charge in [0.1, 0.15) is 12.2 Å². The van der Waals surface area contributed by atoms with Crippen LogP contribution in [0.4, 0.5) is 0 Å². The molecule has 0 aliphatic carbocycles. The van der Waals surface area contributed by atoms with Crippen molar-refractivity contribution in [1.82, 2.24) is 0 Å². The number of aliphatic hydroxyl groups excluding tert-OH is 1. The van der Waals surface area contributed by atoms with Gasteiger partial charge in [0.05, 0.1) is 19.3 Å². The maximum absolute atomic E-state index is 11.0. The molecule has 1 aliphatic heterocycles. The summed E-state index contributed by atoms with van der Waals surface area (Å²) < 4.78 is 10.8. The number of hydrogen-bond donors (Lipinski definition) is 2. The fourth-order valence-electron chi connectivity index (χ4n) is 2.18. The number of carbonyl (C=O) groups is 1. The van der Waals surface area contributed by atoms with E-state index in [1.807, 2.05) is 30.3 Å². The zero-order valence-electron chi connectivity index (χ0n) is 11.1. The number of benzene rings is 1. The lowest BCUT2D eigenvalue weighted by Gasteiger charge is -2.19. The van der Waals surface area contributed by atoms with Crippen molar-refractivity contribution >= 4 is 5.97 Å². The van der Waals surface area contributed by atoms with Gasteiger partial charge in [-0.3, -0.25) is 0 Å². The molecule has 0 bridgehead atoms. The van der Waals surface area contributed by atoms with Crippen molar-refractivity contribution in [3.05, 3.63) is 46.3 Å². The predicted octanol–water partition coefficient (Wildman–Crippen LogP) is 1.09. The number of aliphatic carboxylic acids is 1. The van der Waals surface area contributed by atoms with E-state index in [4.69, 9.17) is 20.1 Å². The van der Waals surface area contributed by atoms with Crippen LogP contribution in [0.1, 0.15) is 5.56 Å². The van der Waals surface area contributed by atoms with E-state index in [9.17, 15) is 9.90 Å². The highest BCUT2D eigenvalue weighted by Gasteiger charge is 2.47. The highest BCUT2D eigenvalue weighted by Crippen LogP contribution is 2.25. The van der Waals surface area contributed by atoms with Crippen molar-refractivity contribution in [1.29, 1.82) is 0 Å². The molecule has 1 fully saturated rings. The number of ether oxygens (including phenoxy) is 2. The quantitative estimate of drug-likeness (QED) is 0.461. The summed E-state index contributed by atoms with van der Waals surface area (Å²) in [7, 11) is 0. The lowest BCUT2D eigenvalue weighted by Crippen LogP contribution is -2.38. The van der Waals surface area contributed by atoms with E-state index in [1.165, 1.54) is 0 Å². The second-order valence-corrected chi connectivity index (χ2v) is 4.60. The van der Waals surface area contributed by atoms with E-state index in [2.05, 4.69) is 10.0 Å². The minimum atomic E-state index is -1.38. The molecule has 0 radical (unpaired) electrons. The average molecular weight is 293 g/mol. The molecule has 2 N–H and O–H groups in total. The normalized spacial score (nSPS) is 28.0. The van der Waals surface area contributed by atoms with Crippen molar-refractivity contribution < 1.29 is 24.5 Å². The Hall–Kier alpha value is -2.12. The average Bonchev–Trinajstić information content (AvgIpc) is 2.80. The van der Waals surface area contributed by atoms with Gasteiger partial charge < -0.3 is 19.7 Å². The fourth-order valence-corrected chi connectivity index (χ4v) is 2.18. The topological polar surface area (TPSA) is 125 Å². The number of rotatable bonds is 6. The molecule has 112 valence electrons. The van der Waals surface area contributed by atoms with Crippen LogP contribution in [-0.2, 0) is 20.9 Å². The second kappa shape index (κ2) is 7.05. The molecule has 0 unspecified atom stereocenters. The molecule has 1 saturated heterocycles. The van der Waals surface area contributed by atoms with Crippen molar-refractivity contribution in [2.24, 2.45) is 5.11 Å². The molecule has 0 aromatic heterocycles. The molecule has 1 aliphatic rings. The van der Waals surface area contributed by atoms with Crippen LogP contribution in [0.15, 0.2) is 35.4 Å². The summed E-state index contributed by atoms with van der Waals surface area (Å²) in [5, 5.41) is 22.3. The maximum atomic E-state index is 11.0. The largest absolute Gasteiger partial charge is 0.479 e. The Labute approximate surface area is 120 Å². The molecule has 4 atom stereocenters. The molecule has 0 amide bonds. The Morgan fingerprint density at radius 1 is 1.43 bits per heavy atom. The maximum Gasteiger partial charge on any atom is 0.335 e. The van der Waals surface area contributed by atoms with Gasteiger partial charge in [0.2, 0.25) is 0 Å². The van der Waals surface area contributed by atoms with Crippen LogP contribution in [0.25, 0.3) is 10.4 Å². The zero-order valence-corrected chi connectivity index (χ0v) is 11.1. The summed E-state index contributed by atoms with van der Waals surface area (Å²) in [5.74, 6) is -1.28. The molecule has 1 heterocycles. The molecule has 2 rings (SSSR count). The summed E-state index contributed by atoms with van der Waals surface area (Å²) >= 11 is 0. The summed E-state index contributed by atoms with van der Waals surface area (Å²) in [6, 6.07) is 9.25. The van der Waals surface area contributed by atoms with Gasteiger partial charge in [-0.05, 0) is 11.1 Å². The molecular weight excluding hydrogens is 278 g/mol. The van der Waals surface area contributed by atoms with Gasteiger partial charge in [-0.15, -0.1) is 0 Å². The molecule has 1 aromatic carbocycles. The predicted molar refractivity (Wildman–Crippen MR) is 71.3 cm³/mol. The molecular formula is C13H15N3O5. The number of carboxylic acids is 1. The number of hydrogen-bond acceptors (Lipinski definition) is 5. The van der Waals surface area contributed by atoms with Crippen molar-refractivity contribution in [2.45, 2.75) is 31.0 Å². The minimum Gasteiger partial charge on any atom is -0.479 e. The van der Waals surface area contributed by atoms with Gasteiger partial charge in [-0.2, -0.15) is 0 Å². The number of azide groups is 1. The van der Waals surface area contributed by atoms with E-state index in [0.29, 0.717) is 0 Å². The third-order valence-electron chi connectivity index (χ3n) is 3.19.